The van der Waals surface area contributed by atoms with Crippen LogP contribution < -0.4 is 0 Å². The molecule has 0 radical (unpaired) electrons. The number of fused-ring (bicyclic) bond motifs is 1. The SMILES string of the molecule is Cn1c(O)c(C=Nc2cc(Cl)ccc2Cl)c2ccccc21. The number of rotatable bonds is 2. The molecule has 3 rings (SSSR count). The molecule has 0 saturated carbocycles. The number of para-hydroxylation sites is 1. The highest BCUT2D eigenvalue weighted by Gasteiger charge is 2.12. The number of aliphatic imine (C=N–C) groups is 1. The van der Waals surface area contributed by atoms with Crippen molar-refractivity contribution in [3.8, 4) is 5.88 Å². The number of halogens is 2. The van der Waals surface area contributed by atoms with Crippen molar-refractivity contribution in [3.05, 3.63) is 58.1 Å². The average Bonchev–Trinajstić information content (AvgIpc) is 2.73. The molecular formula is C16H12Cl2N2O. The lowest BCUT2D eigenvalue weighted by Crippen LogP contribution is -1.86. The number of benzene rings is 2. The molecule has 0 bridgehead atoms. The fourth-order valence-corrected chi connectivity index (χ4v) is 2.59. The molecule has 3 aromatic rings. The van der Waals surface area contributed by atoms with Crippen LogP contribution in [0.15, 0.2) is 47.5 Å². The van der Waals surface area contributed by atoms with Gasteiger partial charge in [0.1, 0.15) is 0 Å². The van der Waals surface area contributed by atoms with Crippen LogP contribution in [0.3, 0.4) is 0 Å². The maximum Gasteiger partial charge on any atom is 0.200 e. The van der Waals surface area contributed by atoms with Crippen LogP contribution in [-0.2, 0) is 7.05 Å². The van der Waals surface area contributed by atoms with E-state index in [9.17, 15) is 5.11 Å². The summed E-state index contributed by atoms with van der Waals surface area (Å²) in [6.45, 7) is 0. The number of aromatic nitrogens is 1. The molecule has 106 valence electrons. The molecule has 0 amide bonds. The lowest BCUT2D eigenvalue weighted by atomic mass is 10.2. The smallest absolute Gasteiger partial charge is 0.200 e. The number of hydrogen-bond donors (Lipinski definition) is 1. The maximum atomic E-state index is 10.2. The average molecular weight is 319 g/mol. The first-order chi connectivity index (χ1) is 10.1. The third-order valence-corrected chi connectivity index (χ3v) is 3.91. The Bertz CT molecular complexity index is 853. The fourth-order valence-electron chi connectivity index (χ4n) is 2.26. The maximum absolute atomic E-state index is 10.2. The molecule has 0 saturated heterocycles. The molecule has 0 atom stereocenters. The van der Waals surface area contributed by atoms with Crippen molar-refractivity contribution < 1.29 is 5.11 Å². The van der Waals surface area contributed by atoms with E-state index < -0.39 is 0 Å². The molecule has 0 unspecified atom stereocenters. The minimum absolute atomic E-state index is 0.165. The lowest BCUT2D eigenvalue weighted by molar-refractivity contribution is 0.434. The first kappa shape index (κ1) is 14.0. The molecular weight excluding hydrogens is 307 g/mol. The van der Waals surface area contributed by atoms with Crippen molar-refractivity contribution in [1.82, 2.24) is 4.57 Å². The summed E-state index contributed by atoms with van der Waals surface area (Å²) < 4.78 is 1.72. The van der Waals surface area contributed by atoms with E-state index in [2.05, 4.69) is 4.99 Å². The highest BCUT2D eigenvalue weighted by atomic mass is 35.5. The summed E-state index contributed by atoms with van der Waals surface area (Å²) in [7, 11) is 1.81. The molecule has 5 heteroatoms. The molecule has 1 N–H and O–H groups in total. The zero-order chi connectivity index (χ0) is 15.0. The van der Waals surface area contributed by atoms with Gasteiger partial charge in [0.2, 0.25) is 5.88 Å². The Hall–Kier alpha value is -1.97. The summed E-state index contributed by atoms with van der Waals surface area (Å²) in [6, 6.07) is 12.8. The predicted molar refractivity (Wildman–Crippen MR) is 88.3 cm³/mol. The normalized spacial score (nSPS) is 11.6. The van der Waals surface area contributed by atoms with E-state index in [1.165, 1.54) is 0 Å². The first-order valence-electron chi connectivity index (χ1n) is 6.33. The highest BCUT2D eigenvalue weighted by molar-refractivity contribution is 6.35. The zero-order valence-electron chi connectivity index (χ0n) is 11.2. The van der Waals surface area contributed by atoms with Gasteiger partial charge in [-0.1, -0.05) is 41.4 Å². The number of aromatic hydroxyl groups is 1. The summed E-state index contributed by atoms with van der Waals surface area (Å²) in [5.41, 5.74) is 2.16. The van der Waals surface area contributed by atoms with Gasteiger partial charge < -0.3 is 9.67 Å². The Morgan fingerprint density at radius 3 is 2.71 bits per heavy atom. The molecule has 0 fully saturated rings. The Labute approximate surface area is 132 Å². The van der Waals surface area contributed by atoms with Gasteiger partial charge in [0, 0.05) is 23.7 Å². The van der Waals surface area contributed by atoms with E-state index in [-0.39, 0.29) is 5.88 Å². The second-order valence-corrected chi connectivity index (χ2v) is 5.51. The van der Waals surface area contributed by atoms with Crippen LogP contribution >= 0.6 is 23.2 Å². The predicted octanol–water partition coefficient (Wildman–Crippen LogP) is 4.94. The van der Waals surface area contributed by atoms with Gasteiger partial charge in [0.15, 0.2) is 0 Å². The molecule has 21 heavy (non-hydrogen) atoms. The standard InChI is InChI=1S/C16H12Cl2N2O/c1-20-15-5-3-2-4-11(15)12(16(20)21)9-19-14-8-10(17)6-7-13(14)18/h2-9,21H,1H3. The minimum atomic E-state index is 0.165. The van der Waals surface area contributed by atoms with Crippen LogP contribution in [0.4, 0.5) is 5.69 Å². The van der Waals surface area contributed by atoms with Crippen molar-refractivity contribution in [3.63, 3.8) is 0 Å². The van der Waals surface area contributed by atoms with E-state index in [1.807, 2.05) is 24.3 Å². The van der Waals surface area contributed by atoms with Crippen LogP contribution in [0.5, 0.6) is 5.88 Å². The number of aryl methyl sites for hydroxylation is 1. The first-order valence-corrected chi connectivity index (χ1v) is 7.09. The van der Waals surface area contributed by atoms with Gasteiger partial charge >= 0.3 is 0 Å². The van der Waals surface area contributed by atoms with Crippen LogP contribution in [0, 0.1) is 0 Å². The van der Waals surface area contributed by atoms with Gasteiger partial charge in [-0.15, -0.1) is 0 Å². The second-order valence-electron chi connectivity index (χ2n) is 4.67. The van der Waals surface area contributed by atoms with Crippen LogP contribution in [0.2, 0.25) is 10.0 Å². The van der Waals surface area contributed by atoms with Gasteiger partial charge in [-0.2, -0.15) is 0 Å². The van der Waals surface area contributed by atoms with E-state index in [0.29, 0.717) is 21.3 Å². The molecule has 3 nitrogen and oxygen atoms in total. The summed E-state index contributed by atoms with van der Waals surface area (Å²) in [4.78, 5) is 4.35. The number of nitrogens with zero attached hydrogens (tertiary/aromatic N) is 2. The van der Waals surface area contributed by atoms with E-state index in [0.717, 1.165) is 10.9 Å². The van der Waals surface area contributed by atoms with Gasteiger partial charge in [-0.3, -0.25) is 4.99 Å². The molecule has 0 aliphatic carbocycles. The molecule has 1 heterocycles. The summed E-state index contributed by atoms with van der Waals surface area (Å²) >= 11 is 12.0. The van der Waals surface area contributed by atoms with E-state index in [4.69, 9.17) is 23.2 Å². The molecule has 2 aromatic carbocycles. The Morgan fingerprint density at radius 2 is 1.90 bits per heavy atom. The fraction of sp³-hybridized carbons (Fsp3) is 0.0625. The van der Waals surface area contributed by atoms with Crippen molar-refractivity contribution >= 4 is 46.0 Å². The molecule has 1 aromatic heterocycles. The van der Waals surface area contributed by atoms with Crippen molar-refractivity contribution in [1.29, 1.82) is 0 Å². The van der Waals surface area contributed by atoms with E-state index in [1.54, 1.807) is 36.0 Å². The quantitative estimate of drug-likeness (QED) is 0.667. The van der Waals surface area contributed by atoms with Gasteiger partial charge in [0.25, 0.3) is 0 Å². The topological polar surface area (TPSA) is 37.5 Å². The van der Waals surface area contributed by atoms with Crippen LogP contribution in [-0.4, -0.2) is 15.9 Å². The van der Waals surface area contributed by atoms with E-state index >= 15 is 0 Å². The van der Waals surface area contributed by atoms with Gasteiger partial charge in [-0.05, 0) is 24.3 Å². The molecule has 0 spiro atoms. The van der Waals surface area contributed by atoms with Crippen molar-refractivity contribution in [2.45, 2.75) is 0 Å². The second kappa shape index (κ2) is 5.43. The largest absolute Gasteiger partial charge is 0.494 e. The van der Waals surface area contributed by atoms with Crippen LogP contribution in [0.1, 0.15) is 5.56 Å². The zero-order valence-corrected chi connectivity index (χ0v) is 12.7. The lowest BCUT2D eigenvalue weighted by Gasteiger charge is -1.99. The highest BCUT2D eigenvalue weighted by Crippen LogP contribution is 2.31. The Balaban J connectivity index is 2.12. The third-order valence-electron chi connectivity index (χ3n) is 3.36. The van der Waals surface area contributed by atoms with Crippen molar-refractivity contribution in [2.24, 2.45) is 12.0 Å². The van der Waals surface area contributed by atoms with Gasteiger partial charge in [0.05, 0.1) is 21.8 Å². The van der Waals surface area contributed by atoms with Crippen LogP contribution in [0.25, 0.3) is 10.9 Å². The molecule has 0 aliphatic rings. The monoisotopic (exact) mass is 318 g/mol. The summed E-state index contributed by atoms with van der Waals surface area (Å²) in [6.07, 6.45) is 1.61. The summed E-state index contributed by atoms with van der Waals surface area (Å²) in [5.74, 6) is 0.165. The minimum Gasteiger partial charge on any atom is -0.494 e. The summed E-state index contributed by atoms with van der Waals surface area (Å²) in [5, 5.41) is 12.2. The number of hydrogen-bond acceptors (Lipinski definition) is 2. The molecule has 0 aliphatic heterocycles. The Morgan fingerprint density at radius 1 is 1.14 bits per heavy atom. The Kier molecular flexibility index (Phi) is 3.62. The van der Waals surface area contributed by atoms with Crippen molar-refractivity contribution in [2.75, 3.05) is 0 Å². The van der Waals surface area contributed by atoms with Gasteiger partial charge in [-0.25, -0.2) is 0 Å². The third kappa shape index (κ3) is 2.50.